The van der Waals surface area contributed by atoms with Crippen molar-refractivity contribution in [2.45, 2.75) is 12.5 Å². The number of fused-ring (bicyclic) bond motifs is 1. The van der Waals surface area contributed by atoms with E-state index in [2.05, 4.69) is 5.32 Å². The van der Waals surface area contributed by atoms with Gasteiger partial charge in [-0.25, -0.2) is 0 Å². The van der Waals surface area contributed by atoms with Gasteiger partial charge >= 0.3 is 5.88 Å². The maximum Gasteiger partial charge on any atom is 0.433 e. The van der Waals surface area contributed by atoms with Gasteiger partial charge in [-0.1, -0.05) is 6.07 Å². The third-order valence-corrected chi connectivity index (χ3v) is 3.48. The van der Waals surface area contributed by atoms with E-state index in [1.165, 1.54) is 6.07 Å². The van der Waals surface area contributed by atoms with Crippen molar-refractivity contribution < 1.29 is 28.7 Å². The van der Waals surface area contributed by atoms with Crippen LogP contribution in [0.4, 0.5) is 5.88 Å². The molecule has 0 radical (unpaired) electrons. The molecule has 0 aliphatic carbocycles. The van der Waals surface area contributed by atoms with Crippen LogP contribution < -0.4 is 14.8 Å². The number of nitro groups is 1. The summed E-state index contributed by atoms with van der Waals surface area (Å²) in [6.45, 7) is 0.323. The summed E-state index contributed by atoms with van der Waals surface area (Å²) in [5, 5.41) is 23.2. The van der Waals surface area contributed by atoms with Crippen molar-refractivity contribution in [3.05, 3.63) is 51.8 Å². The SMILES string of the molecule is O=C(NCCC(O)c1ccc2c(c1)OCO2)c1ccc([N+](=O)[O-])o1. The Kier molecular flexibility index (Phi) is 4.34. The van der Waals surface area contributed by atoms with E-state index in [4.69, 9.17) is 13.9 Å². The number of hydrogen-bond donors (Lipinski definition) is 2. The first-order valence-corrected chi connectivity index (χ1v) is 7.14. The summed E-state index contributed by atoms with van der Waals surface area (Å²) in [4.78, 5) is 21.6. The van der Waals surface area contributed by atoms with Crippen LogP contribution in [0.15, 0.2) is 34.7 Å². The number of aliphatic hydroxyl groups excluding tert-OH is 1. The van der Waals surface area contributed by atoms with Crippen molar-refractivity contribution >= 4 is 11.8 Å². The molecular formula is C15H14N2O7. The Morgan fingerprint density at radius 3 is 2.83 bits per heavy atom. The molecule has 2 heterocycles. The second kappa shape index (κ2) is 6.59. The zero-order valence-corrected chi connectivity index (χ0v) is 12.4. The van der Waals surface area contributed by atoms with Gasteiger partial charge in [0.25, 0.3) is 5.91 Å². The molecule has 0 fully saturated rings. The van der Waals surface area contributed by atoms with Gasteiger partial charge in [0.2, 0.25) is 6.79 Å². The monoisotopic (exact) mass is 334 g/mol. The zero-order chi connectivity index (χ0) is 17.1. The Hall–Kier alpha value is -3.07. The second-order valence-electron chi connectivity index (χ2n) is 5.07. The summed E-state index contributed by atoms with van der Waals surface area (Å²) in [6, 6.07) is 7.44. The van der Waals surface area contributed by atoms with E-state index in [1.807, 2.05) is 0 Å². The van der Waals surface area contributed by atoms with Gasteiger partial charge in [0.05, 0.1) is 12.2 Å². The van der Waals surface area contributed by atoms with Gasteiger partial charge < -0.3 is 24.3 Å². The van der Waals surface area contributed by atoms with E-state index in [0.717, 1.165) is 6.07 Å². The molecule has 1 amide bonds. The van der Waals surface area contributed by atoms with Crippen LogP contribution >= 0.6 is 0 Å². The van der Waals surface area contributed by atoms with Crippen molar-refractivity contribution in [1.29, 1.82) is 0 Å². The lowest BCUT2D eigenvalue weighted by molar-refractivity contribution is -0.402. The highest BCUT2D eigenvalue weighted by atomic mass is 16.7. The third-order valence-electron chi connectivity index (χ3n) is 3.48. The first-order chi connectivity index (χ1) is 11.5. The van der Waals surface area contributed by atoms with Crippen LogP contribution in [0.5, 0.6) is 11.5 Å². The quantitative estimate of drug-likeness (QED) is 0.609. The summed E-state index contributed by atoms with van der Waals surface area (Å²) in [6.07, 6.45) is -0.542. The van der Waals surface area contributed by atoms with Gasteiger partial charge in [0, 0.05) is 6.54 Å². The average Bonchev–Trinajstić information content (AvgIpc) is 3.23. The Morgan fingerprint density at radius 2 is 2.08 bits per heavy atom. The predicted octanol–water partition coefficient (Wildman–Crippen LogP) is 1.77. The molecule has 1 unspecified atom stereocenters. The standard InChI is InChI=1S/C15H14N2O7/c18-10(9-1-2-11-13(7-9)23-8-22-11)5-6-16-15(19)12-3-4-14(24-12)17(20)21/h1-4,7,10,18H,5-6,8H2,(H,16,19). The van der Waals surface area contributed by atoms with Crippen LogP contribution in [-0.4, -0.2) is 29.3 Å². The maximum atomic E-state index is 11.8. The van der Waals surface area contributed by atoms with Crippen molar-refractivity contribution in [3.63, 3.8) is 0 Å². The number of hydrogen-bond acceptors (Lipinski definition) is 7. The van der Waals surface area contributed by atoms with E-state index >= 15 is 0 Å². The van der Waals surface area contributed by atoms with Gasteiger partial charge in [-0.15, -0.1) is 0 Å². The fraction of sp³-hybridized carbons (Fsp3) is 0.267. The number of carbonyl (C=O) groups is 1. The summed E-state index contributed by atoms with van der Waals surface area (Å²) in [7, 11) is 0. The van der Waals surface area contributed by atoms with Crippen LogP contribution in [0.2, 0.25) is 0 Å². The number of carbonyl (C=O) groups excluding carboxylic acids is 1. The highest BCUT2D eigenvalue weighted by Gasteiger charge is 2.19. The fourth-order valence-corrected chi connectivity index (χ4v) is 2.24. The van der Waals surface area contributed by atoms with Crippen LogP contribution in [0.25, 0.3) is 0 Å². The number of furan rings is 1. The van der Waals surface area contributed by atoms with Gasteiger partial charge in [-0.05, 0) is 30.2 Å². The smallest absolute Gasteiger partial charge is 0.433 e. The van der Waals surface area contributed by atoms with E-state index < -0.39 is 22.8 Å². The van der Waals surface area contributed by atoms with Gasteiger partial charge in [-0.3, -0.25) is 14.9 Å². The molecule has 2 N–H and O–H groups in total. The second-order valence-corrected chi connectivity index (χ2v) is 5.07. The summed E-state index contributed by atoms with van der Waals surface area (Å²) < 4.78 is 15.2. The van der Waals surface area contributed by atoms with Crippen LogP contribution in [0, 0.1) is 10.1 Å². The molecule has 1 atom stereocenters. The average molecular weight is 334 g/mol. The predicted molar refractivity (Wildman–Crippen MR) is 79.8 cm³/mol. The van der Waals surface area contributed by atoms with Gasteiger partial charge in [0.15, 0.2) is 17.3 Å². The van der Waals surface area contributed by atoms with Crippen LogP contribution in [0.1, 0.15) is 28.6 Å². The fourth-order valence-electron chi connectivity index (χ4n) is 2.24. The summed E-state index contributed by atoms with van der Waals surface area (Å²) >= 11 is 0. The van der Waals surface area contributed by atoms with Crippen LogP contribution in [-0.2, 0) is 0 Å². The molecule has 1 aromatic carbocycles. The molecule has 126 valence electrons. The Balaban J connectivity index is 1.52. The molecular weight excluding hydrogens is 320 g/mol. The Bertz CT molecular complexity index is 771. The van der Waals surface area contributed by atoms with Crippen molar-refractivity contribution in [3.8, 4) is 11.5 Å². The van der Waals surface area contributed by atoms with E-state index in [-0.39, 0.29) is 25.5 Å². The molecule has 1 aliphatic heterocycles. The van der Waals surface area contributed by atoms with Crippen molar-refractivity contribution in [2.75, 3.05) is 13.3 Å². The minimum Gasteiger partial charge on any atom is -0.454 e. The molecule has 0 saturated heterocycles. The first-order valence-electron chi connectivity index (χ1n) is 7.14. The van der Waals surface area contributed by atoms with E-state index in [0.29, 0.717) is 17.1 Å². The number of nitrogens with zero attached hydrogens (tertiary/aromatic N) is 1. The maximum absolute atomic E-state index is 11.8. The lowest BCUT2D eigenvalue weighted by Crippen LogP contribution is -2.25. The van der Waals surface area contributed by atoms with Gasteiger partial charge in [0.1, 0.15) is 4.92 Å². The molecule has 0 bridgehead atoms. The number of rotatable bonds is 6. The molecule has 0 saturated carbocycles. The third kappa shape index (κ3) is 3.30. The summed E-state index contributed by atoms with van der Waals surface area (Å²) in [5.74, 6) is -0.0436. The molecule has 1 aromatic heterocycles. The van der Waals surface area contributed by atoms with E-state index in [1.54, 1.807) is 18.2 Å². The first kappa shape index (κ1) is 15.8. The molecule has 9 nitrogen and oxygen atoms in total. The molecule has 24 heavy (non-hydrogen) atoms. The normalized spacial score (nSPS) is 13.5. The number of amides is 1. The largest absolute Gasteiger partial charge is 0.454 e. The van der Waals surface area contributed by atoms with Crippen LogP contribution in [0.3, 0.4) is 0 Å². The Labute approximate surface area is 135 Å². The zero-order valence-electron chi connectivity index (χ0n) is 12.4. The summed E-state index contributed by atoms with van der Waals surface area (Å²) in [5.41, 5.74) is 0.641. The molecule has 0 spiro atoms. The number of aliphatic hydroxyl groups is 1. The number of benzene rings is 1. The highest BCUT2D eigenvalue weighted by molar-refractivity contribution is 5.91. The molecule has 9 heteroatoms. The molecule has 2 aromatic rings. The van der Waals surface area contributed by atoms with Gasteiger partial charge in [-0.2, -0.15) is 0 Å². The van der Waals surface area contributed by atoms with E-state index in [9.17, 15) is 20.0 Å². The topological polar surface area (TPSA) is 124 Å². The van der Waals surface area contributed by atoms with Crippen molar-refractivity contribution in [2.24, 2.45) is 0 Å². The lowest BCUT2D eigenvalue weighted by Gasteiger charge is -2.12. The Morgan fingerprint density at radius 1 is 1.29 bits per heavy atom. The lowest BCUT2D eigenvalue weighted by atomic mass is 10.1. The highest BCUT2D eigenvalue weighted by Crippen LogP contribution is 2.34. The molecule has 3 rings (SSSR count). The molecule has 1 aliphatic rings. The number of nitrogens with one attached hydrogen (secondary N) is 1. The van der Waals surface area contributed by atoms with Crippen molar-refractivity contribution in [1.82, 2.24) is 5.32 Å². The minimum absolute atomic E-state index is 0.153. The number of ether oxygens (including phenoxy) is 2. The minimum atomic E-state index is -0.800.